The number of hydrogen-bond donors (Lipinski definition) is 1. The summed E-state index contributed by atoms with van der Waals surface area (Å²) in [5.41, 5.74) is 0.713. The van der Waals surface area contributed by atoms with Crippen molar-refractivity contribution in [1.29, 1.82) is 0 Å². The predicted molar refractivity (Wildman–Crippen MR) is 95.0 cm³/mol. The second-order valence-corrected chi connectivity index (χ2v) is 7.84. The maximum absolute atomic E-state index is 12.7. The molecule has 1 atom stereocenters. The summed E-state index contributed by atoms with van der Waals surface area (Å²) in [6.45, 7) is 0. The predicted octanol–water partition coefficient (Wildman–Crippen LogP) is 4.75. The summed E-state index contributed by atoms with van der Waals surface area (Å²) in [6, 6.07) is 17.1. The van der Waals surface area contributed by atoms with Crippen molar-refractivity contribution in [2.24, 2.45) is 0 Å². The normalized spacial score (nSPS) is 22.6. The van der Waals surface area contributed by atoms with Gasteiger partial charge in [0, 0.05) is 15.7 Å². The fraction of sp³-hybridized carbons (Fsp3) is 0.188. The lowest BCUT2D eigenvalue weighted by molar-refractivity contribution is -0.118. The second-order valence-electron chi connectivity index (χ2n) is 5.11. The van der Waals surface area contributed by atoms with E-state index in [0.717, 1.165) is 14.8 Å². The molecule has 1 saturated carbocycles. The van der Waals surface area contributed by atoms with Crippen LogP contribution in [0, 0.1) is 3.57 Å². The first-order valence-electron chi connectivity index (χ1n) is 6.46. The molecule has 0 radical (unpaired) electrons. The molecular formula is C16H12Cl2INO. The van der Waals surface area contributed by atoms with Gasteiger partial charge in [-0.1, -0.05) is 30.3 Å². The van der Waals surface area contributed by atoms with Crippen LogP contribution in [0.25, 0.3) is 0 Å². The smallest absolute Gasteiger partial charge is 0.238 e. The third kappa shape index (κ3) is 2.67. The van der Waals surface area contributed by atoms with Crippen LogP contribution < -0.4 is 5.32 Å². The summed E-state index contributed by atoms with van der Waals surface area (Å²) in [5, 5.41) is 2.91. The summed E-state index contributed by atoms with van der Waals surface area (Å²) in [4.78, 5) is 12.7. The first kappa shape index (κ1) is 15.1. The number of anilines is 1. The summed E-state index contributed by atoms with van der Waals surface area (Å²) < 4.78 is 0.0561. The second kappa shape index (κ2) is 5.45. The standard InChI is InChI=1S/C16H12Cl2INO/c17-16(18)10-15(16,11-4-2-1-3-5-11)14(21)20-13-8-6-12(19)7-9-13/h1-9H,10H2,(H,20,21)/t15-/m1/s1. The highest BCUT2D eigenvalue weighted by atomic mass is 127. The van der Waals surface area contributed by atoms with Gasteiger partial charge in [-0.25, -0.2) is 0 Å². The number of hydrogen-bond acceptors (Lipinski definition) is 1. The molecule has 0 bridgehead atoms. The molecule has 0 heterocycles. The van der Waals surface area contributed by atoms with E-state index in [1.165, 1.54) is 0 Å². The number of halogens is 3. The Balaban J connectivity index is 1.89. The molecule has 2 nitrogen and oxygen atoms in total. The summed E-state index contributed by atoms with van der Waals surface area (Å²) in [6.07, 6.45) is 0.420. The van der Waals surface area contributed by atoms with Crippen LogP contribution >= 0.6 is 45.8 Å². The topological polar surface area (TPSA) is 29.1 Å². The Kier molecular flexibility index (Phi) is 3.93. The minimum absolute atomic E-state index is 0.167. The van der Waals surface area contributed by atoms with Crippen LogP contribution in [0.4, 0.5) is 5.69 Å². The van der Waals surface area contributed by atoms with Crippen LogP contribution in [0.15, 0.2) is 54.6 Å². The van der Waals surface area contributed by atoms with E-state index < -0.39 is 9.75 Å². The van der Waals surface area contributed by atoms with Crippen LogP contribution in [0.3, 0.4) is 0 Å². The van der Waals surface area contributed by atoms with E-state index in [2.05, 4.69) is 27.9 Å². The molecular weight excluding hydrogens is 420 g/mol. The van der Waals surface area contributed by atoms with E-state index in [0.29, 0.717) is 6.42 Å². The fourth-order valence-electron chi connectivity index (χ4n) is 2.47. The van der Waals surface area contributed by atoms with Crippen LogP contribution in [0.5, 0.6) is 0 Å². The van der Waals surface area contributed by atoms with Crippen molar-refractivity contribution in [2.75, 3.05) is 5.32 Å². The highest BCUT2D eigenvalue weighted by molar-refractivity contribution is 14.1. The third-order valence-electron chi connectivity index (χ3n) is 3.74. The molecule has 108 valence electrons. The molecule has 1 aliphatic rings. The molecule has 2 aromatic rings. The van der Waals surface area contributed by atoms with Gasteiger partial charge >= 0.3 is 0 Å². The Labute approximate surface area is 147 Å². The number of amides is 1. The fourth-order valence-corrected chi connectivity index (χ4v) is 3.62. The van der Waals surface area contributed by atoms with Crippen molar-refractivity contribution in [1.82, 2.24) is 0 Å². The Morgan fingerprint density at radius 3 is 2.14 bits per heavy atom. The number of carbonyl (C=O) groups excluding carboxylic acids is 1. The highest BCUT2D eigenvalue weighted by Gasteiger charge is 2.72. The van der Waals surface area contributed by atoms with Gasteiger partial charge in [-0.05, 0) is 52.4 Å². The maximum Gasteiger partial charge on any atom is 0.238 e. The molecule has 0 unspecified atom stereocenters. The lowest BCUT2D eigenvalue weighted by atomic mass is 9.94. The van der Waals surface area contributed by atoms with Crippen molar-refractivity contribution >= 4 is 57.4 Å². The van der Waals surface area contributed by atoms with Crippen molar-refractivity contribution in [3.63, 3.8) is 0 Å². The van der Waals surface area contributed by atoms with E-state index >= 15 is 0 Å². The molecule has 0 aromatic heterocycles. The zero-order chi connectivity index (χ0) is 15.1. The Morgan fingerprint density at radius 1 is 1.05 bits per heavy atom. The zero-order valence-electron chi connectivity index (χ0n) is 10.9. The lowest BCUT2D eigenvalue weighted by Crippen LogP contribution is -2.32. The summed E-state index contributed by atoms with van der Waals surface area (Å²) in [7, 11) is 0. The molecule has 0 saturated heterocycles. The quantitative estimate of drug-likeness (QED) is 0.551. The molecule has 5 heteroatoms. The molecule has 21 heavy (non-hydrogen) atoms. The van der Waals surface area contributed by atoms with Crippen molar-refractivity contribution in [3.8, 4) is 0 Å². The van der Waals surface area contributed by atoms with Gasteiger partial charge in [0.1, 0.15) is 9.75 Å². The van der Waals surface area contributed by atoms with Gasteiger partial charge in [0.15, 0.2) is 0 Å². The number of alkyl halides is 2. The van der Waals surface area contributed by atoms with Crippen molar-refractivity contribution < 1.29 is 4.79 Å². The van der Waals surface area contributed by atoms with Crippen molar-refractivity contribution in [3.05, 3.63) is 63.7 Å². The first-order chi connectivity index (χ1) is 9.96. The minimum Gasteiger partial charge on any atom is -0.325 e. The minimum atomic E-state index is -1.05. The number of nitrogens with one attached hydrogen (secondary N) is 1. The monoisotopic (exact) mass is 431 g/mol. The molecule has 0 aliphatic heterocycles. The molecule has 1 aliphatic carbocycles. The molecule has 1 N–H and O–H groups in total. The highest BCUT2D eigenvalue weighted by Crippen LogP contribution is 2.65. The molecule has 1 amide bonds. The molecule has 0 spiro atoms. The van der Waals surface area contributed by atoms with E-state index in [9.17, 15) is 4.79 Å². The maximum atomic E-state index is 12.7. The average Bonchev–Trinajstić information content (AvgIpc) is 3.07. The van der Waals surface area contributed by atoms with Gasteiger partial charge in [-0.2, -0.15) is 0 Å². The average molecular weight is 432 g/mol. The van der Waals surface area contributed by atoms with Crippen LogP contribution in [-0.2, 0) is 10.2 Å². The number of benzene rings is 2. The number of rotatable bonds is 3. The SMILES string of the molecule is O=C(Nc1ccc(I)cc1)[C@]1(c2ccccc2)CC1(Cl)Cl. The van der Waals surface area contributed by atoms with Crippen LogP contribution in [0.1, 0.15) is 12.0 Å². The molecule has 2 aromatic carbocycles. The van der Waals surface area contributed by atoms with Gasteiger partial charge in [0.25, 0.3) is 0 Å². The third-order valence-corrected chi connectivity index (χ3v) is 5.37. The summed E-state index contributed by atoms with van der Waals surface area (Å²) in [5.74, 6) is -0.167. The lowest BCUT2D eigenvalue weighted by Gasteiger charge is -2.18. The van der Waals surface area contributed by atoms with E-state index in [-0.39, 0.29) is 5.91 Å². The Bertz CT molecular complexity index is 672. The van der Waals surface area contributed by atoms with E-state index in [1.54, 1.807) is 0 Å². The molecule has 1 fully saturated rings. The van der Waals surface area contributed by atoms with Gasteiger partial charge in [0.05, 0.1) is 0 Å². The summed E-state index contributed by atoms with van der Waals surface area (Å²) >= 11 is 14.8. The Morgan fingerprint density at radius 2 is 1.62 bits per heavy atom. The number of carbonyl (C=O) groups is 1. The van der Waals surface area contributed by atoms with Gasteiger partial charge in [-0.3, -0.25) is 4.79 Å². The van der Waals surface area contributed by atoms with Gasteiger partial charge in [-0.15, -0.1) is 23.2 Å². The van der Waals surface area contributed by atoms with Crippen LogP contribution in [-0.4, -0.2) is 10.2 Å². The van der Waals surface area contributed by atoms with E-state index in [1.807, 2.05) is 54.6 Å². The first-order valence-corrected chi connectivity index (χ1v) is 8.29. The van der Waals surface area contributed by atoms with Gasteiger partial charge < -0.3 is 5.32 Å². The van der Waals surface area contributed by atoms with Crippen molar-refractivity contribution in [2.45, 2.75) is 16.2 Å². The van der Waals surface area contributed by atoms with E-state index in [4.69, 9.17) is 23.2 Å². The van der Waals surface area contributed by atoms with Crippen LogP contribution in [0.2, 0.25) is 0 Å². The zero-order valence-corrected chi connectivity index (χ0v) is 14.6. The van der Waals surface area contributed by atoms with Gasteiger partial charge in [0.2, 0.25) is 5.91 Å². The molecule has 3 rings (SSSR count). The Hall–Kier alpha value is -0.780. The largest absolute Gasteiger partial charge is 0.325 e.